The van der Waals surface area contributed by atoms with Crippen LogP contribution in [0.25, 0.3) is 5.57 Å². The molecule has 26 heavy (non-hydrogen) atoms. The number of thioether (sulfide) groups is 2. The van der Waals surface area contributed by atoms with Gasteiger partial charge in [-0.1, -0.05) is 0 Å². The Morgan fingerprint density at radius 3 is 3.15 bits per heavy atom. The Bertz CT molecular complexity index is 1150. The number of fused-ring (bicyclic) bond motifs is 3. The molecule has 4 heterocycles. The average molecular weight is 381 g/mol. The van der Waals surface area contributed by atoms with E-state index in [1.54, 1.807) is 35.7 Å². The summed E-state index contributed by atoms with van der Waals surface area (Å²) in [5.74, 6) is 0.219. The lowest BCUT2D eigenvalue weighted by atomic mass is 9.71. The van der Waals surface area contributed by atoms with Crippen LogP contribution < -0.4 is 15.9 Å². The van der Waals surface area contributed by atoms with Gasteiger partial charge in [0, 0.05) is 33.4 Å². The molecule has 1 saturated heterocycles. The molecule has 2 atom stereocenters. The van der Waals surface area contributed by atoms with Gasteiger partial charge in [-0.05, 0) is 36.8 Å². The third-order valence-electron chi connectivity index (χ3n) is 5.84. The topological polar surface area (TPSA) is 74.0 Å². The summed E-state index contributed by atoms with van der Waals surface area (Å²) in [6, 6.07) is 0. The second-order valence-electron chi connectivity index (χ2n) is 7.07. The second kappa shape index (κ2) is 4.84. The molecule has 6 rings (SSSR count). The molecule has 7 heteroatoms. The van der Waals surface area contributed by atoms with Crippen molar-refractivity contribution in [2.45, 2.75) is 23.6 Å². The summed E-state index contributed by atoms with van der Waals surface area (Å²) in [5.41, 5.74) is 3.50. The molecule has 1 aromatic carbocycles. The second-order valence-corrected chi connectivity index (χ2v) is 9.13. The summed E-state index contributed by atoms with van der Waals surface area (Å²) < 4.78 is 0. The molecule has 0 aromatic heterocycles. The average Bonchev–Trinajstić information content (AvgIpc) is 3.19. The highest BCUT2D eigenvalue weighted by atomic mass is 32.2. The number of anilines is 1. The van der Waals surface area contributed by atoms with Gasteiger partial charge in [0.1, 0.15) is 16.4 Å². The van der Waals surface area contributed by atoms with Crippen LogP contribution in [0.15, 0.2) is 31.9 Å². The molecule has 1 fully saturated rings. The van der Waals surface area contributed by atoms with Crippen LogP contribution in [-0.2, 0) is 10.2 Å². The Morgan fingerprint density at radius 1 is 1.42 bits per heavy atom. The number of phenolic OH excluding ortho intramolecular Hbond substituents is 1. The van der Waals surface area contributed by atoms with Crippen LogP contribution in [0.4, 0.5) is 11.4 Å². The van der Waals surface area contributed by atoms with Crippen molar-refractivity contribution in [1.82, 2.24) is 0 Å². The minimum absolute atomic E-state index is 0.0174. The highest BCUT2D eigenvalue weighted by Crippen LogP contribution is 2.62. The first kappa shape index (κ1) is 15.1. The molecule has 5 nitrogen and oxygen atoms in total. The zero-order valence-electron chi connectivity index (χ0n) is 14.0. The number of nitrogens with zero attached hydrogens (tertiary/aromatic N) is 2. The van der Waals surface area contributed by atoms with E-state index in [-0.39, 0.29) is 22.3 Å². The normalized spacial score (nSPS) is 29.3. The first-order valence-corrected chi connectivity index (χ1v) is 10.7. The van der Waals surface area contributed by atoms with Gasteiger partial charge in [-0.2, -0.15) is 0 Å². The van der Waals surface area contributed by atoms with E-state index < -0.39 is 0 Å². The molecular weight excluding hydrogens is 366 g/mol. The molecule has 2 N–H and O–H groups in total. The standard InChI is InChI=1S/C19H15N3O2S2/c1-25-10-4-9(23)5-11-19(10)6-12(26-11)22-17-14(19)15-13-8(2-3-20-15)7-21-16(13)18(17)24/h4-5,7,12,20,24H,2-3,6H2,1H3/t12-,19+/m0/s1. The van der Waals surface area contributed by atoms with E-state index in [2.05, 4.69) is 10.3 Å². The summed E-state index contributed by atoms with van der Waals surface area (Å²) in [5, 5.41) is 16.3. The Labute approximate surface area is 158 Å². The largest absolute Gasteiger partial charge is 0.504 e. The van der Waals surface area contributed by atoms with Crippen LogP contribution in [-0.4, -0.2) is 35.3 Å². The number of carbonyl (C=O) groups is 1. The smallest absolute Gasteiger partial charge is 0.180 e. The molecule has 1 aliphatic carbocycles. The number of aromatic hydroxyl groups is 1. The first-order chi connectivity index (χ1) is 12.6. The summed E-state index contributed by atoms with van der Waals surface area (Å²) in [6.07, 6.45) is 9.14. The monoisotopic (exact) mass is 381 g/mol. The fraction of sp³-hybridized carbons (Fsp3) is 0.316. The maximum absolute atomic E-state index is 12.2. The summed E-state index contributed by atoms with van der Waals surface area (Å²) >= 11 is 3.28. The molecule has 0 unspecified atom stereocenters. The summed E-state index contributed by atoms with van der Waals surface area (Å²) in [4.78, 5) is 23.7. The van der Waals surface area contributed by atoms with Crippen molar-refractivity contribution in [3.05, 3.63) is 38.1 Å². The van der Waals surface area contributed by atoms with Crippen LogP contribution in [0.1, 0.15) is 18.4 Å². The molecule has 5 aliphatic rings. The van der Waals surface area contributed by atoms with Gasteiger partial charge in [0.05, 0.1) is 11.1 Å². The Balaban J connectivity index is 1.81. The highest BCUT2D eigenvalue weighted by Gasteiger charge is 2.55. The molecular formula is C19H15N3O2S2. The predicted molar refractivity (Wildman–Crippen MR) is 106 cm³/mol. The number of benzene rings is 1. The fourth-order valence-corrected chi connectivity index (χ4v) is 7.24. The number of hydrogen-bond acceptors (Lipinski definition) is 7. The number of ketones is 1. The van der Waals surface area contributed by atoms with E-state index in [1.807, 2.05) is 12.5 Å². The Hall–Kier alpha value is -1.99. The molecule has 2 bridgehead atoms. The van der Waals surface area contributed by atoms with Crippen molar-refractivity contribution in [2.75, 3.05) is 18.1 Å². The van der Waals surface area contributed by atoms with E-state index in [0.29, 0.717) is 11.0 Å². The third-order valence-corrected chi connectivity index (χ3v) is 8.01. The third kappa shape index (κ3) is 1.60. The van der Waals surface area contributed by atoms with E-state index in [4.69, 9.17) is 4.99 Å². The number of rotatable bonds is 1. The highest BCUT2D eigenvalue weighted by molar-refractivity contribution is 8.05. The van der Waals surface area contributed by atoms with Gasteiger partial charge < -0.3 is 10.4 Å². The van der Waals surface area contributed by atoms with Gasteiger partial charge in [0.25, 0.3) is 0 Å². The van der Waals surface area contributed by atoms with Gasteiger partial charge in [0.15, 0.2) is 11.5 Å². The SMILES string of the molecule is CSC1=CC(=O)C=C2S[C@H]3C[C@@]12c1c2c4c(c(O)c1=N3)N=CC=4CCN2. The van der Waals surface area contributed by atoms with Crippen molar-refractivity contribution in [3.8, 4) is 5.75 Å². The van der Waals surface area contributed by atoms with Crippen LogP contribution in [0.5, 0.6) is 5.75 Å². The number of nitrogens with one attached hydrogen (secondary N) is 1. The molecule has 4 aliphatic heterocycles. The van der Waals surface area contributed by atoms with Crippen LogP contribution >= 0.6 is 23.5 Å². The first-order valence-electron chi connectivity index (χ1n) is 8.61. The number of carbonyl (C=O) groups excluding carboxylic acids is 1. The molecule has 130 valence electrons. The van der Waals surface area contributed by atoms with Crippen LogP contribution in [0.3, 0.4) is 0 Å². The van der Waals surface area contributed by atoms with E-state index in [0.717, 1.165) is 45.7 Å². The molecule has 0 saturated carbocycles. The van der Waals surface area contributed by atoms with Crippen molar-refractivity contribution in [3.63, 3.8) is 0 Å². The zero-order chi connectivity index (χ0) is 17.6. The van der Waals surface area contributed by atoms with Crippen molar-refractivity contribution >= 4 is 52.5 Å². The number of allylic oxidation sites excluding steroid dienone is 4. The molecule has 0 amide bonds. The fourth-order valence-electron chi connectivity index (χ4n) is 4.84. The number of aliphatic imine (C=N–C) groups is 1. The van der Waals surface area contributed by atoms with Crippen molar-refractivity contribution < 1.29 is 9.90 Å². The minimum atomic E-state index is -0.375. The van der Waals surface area contributed by atoms with Crippen molar-refractivity contribution in [2.24, 2.45) is 9.98 Å². The quantitative estimate of drug-likeness (QED) is 0.729. The van der Waals surface area contributed by atoms with E-state index >= 15 is 0 Å². The van der Waals surface area contributed by atoms with Gasteiger partial charge >= 0.3 is 0 Å². The zero-order valence-corrected chi connectivity index (χ0v) is 15.6. The van der Waals surface area contributed by atoms with Crippen molar-refractivity contribution in [1.29, 1.82) is 0 Å². The maximum Gasteiger partial charge on any atom is 0.180 e. The lowest BCUT2D eigenvalue weighted by molar-refractivity contribution is -0.110. The van der Waals surface area contributed by atoms with Gasteiger partial charge in [-0.25, -0.2) is 0 Å². The van der Waals surface area contributed by atoms with Crippen LogP contribution in [0, 0.1) is 0 Å². The summed E-state index contributed by atoms with van der Waals surface area (Å²) in [6.45, 7) is 0.841. The van der Waals surface area contributed by atoms with E-state index in [1.165, 1.54) is 5.57 Å². The van der Waals surface area contributed by atoms with E-state index in [9.17, 15) is 9.90 Å². The molecule has 1 aromatic rings. The van der Waals surface area contributed by atoms with Gasteiger partial charge in [-0.15, -0.1) is 23.5 Å². The molecule has 0 radical (unpaired) electrons. The van der Waals surface area contributed by atoms with Crippen LogP contribution in [0.2, 0.25) is 0 Å². The maximum atomic E-state index is 12.2. The summed E-state index contributed by atoms with van der Waals surface area (Å²) in [7, 11) is 0. The molecule has 1 spiro atoms. The predicted octanol–water partition coefficient (Wildman–Crippen LogP) is 2.12. The van der Waals surface area contributed by atoms with Gasteiger partial charge in [0.2, 0.25) is 0 Å². The Kier molecular flexibility index (Phi) is 2.81. The number of hydrogen-bond donors (Lipinski definition) is 2. The lowest BCUT2D eigenvalue weighted by Gasteiger charge is -2.38. The Morgan fingerprint density at radius 2 is 2.31 bits per heavy atom. The van der Waals surface area contributed by atoms with Gasteiger partial charge in [-0.3, -0.25) is 14.8 Å². The number of phenols is 1. The lowest BCUT2D eigenvalue weighted by Crippen LogP contribution is -2.41. The minimum Gasteiger partial charge on any atom is -0.504 e.